The number of aliphatic imine (C=N–C) groups is 2. The van der Waals surface area contributed by atoms with E-state index < -0.39 is 42.1 Å². The van der Waals surface area contributed by atoms with Gasteiger partial charge in [0.1, 0.15) is 5.60 Å². The summed E-state index contributed by atoms with van der Waals surface area (Å²) in [6.07, 6.45) is 14.6. The van der Waals surface area contributed by atoms with Crippen molar-refractivity contribution in [1.29, 1.82) is 0 Å². The molecule has 0 aromatic carbocycles. The Morgan fingerprint density at radius 2 is 1.67 bits per heavy atom. The molecule has 5 heterocycles. The Hall–Kier alpha value is -5.37. The molecule has 0 radical (unpaired) electrons. The number of rotatable bonds is 12. The van der Waals surface area contributed by atoms with E-state index in [9.17, 15) is 29.7 Å². The Balaban J connectivity index is 1.67. The molecule has 302 valence electrons. The lowest BCUT2D eigenvalue weighted by atomic mass is 9.62. The lowest BCUT2D eigenvalue weighted by Gasteiger charge is -2.39. The number of hydrogen-bond donors (Lipinski definition) is 5. The van der Waals surface area contributed by atoms with E-state index in [1.54, 1.807) is 6.92 Å². The molecule has 0 saturated carbocycles. The third-order valence-electron chi connectivity index (χ3n) is 12.2. The second-order valence-electron chi connectivity index (χ2n) is 15.3. The summed E-state index contributed by atoms with van der Waals surface area (Å²) in [6, 6.07) is -0.201. The fraction of sp³-hybridized carbons (Fsp3) is 0.432. The number of aromatic nitrogens is 1. The second kappa shape index (κ2) is 16.2. The summed E-state index contributed by atoms with van der Waals surface area (Å²) in [5.41, 5.74) is 4.82. The van der Waals surface area contributed by atoms with E-state index in [1.807, 2.05) is 50.3 Å². The van der Waals surface area contributed by atoms with Crippen LogP contribution in [0.4, 0.5) is 0 Å². The molecule has 5 N–H and O–H groups in total. The highest BCUT2D eigenvalue weighted by Crippen LogP contribution is 2.55. The zero-order valence-electron chi connectivity index (χ0n) is 33.6. The average Bonchev–Trinajstić information content (AvgIpc) is 3.86. The normalized spacial score (nSPS) is 26.2. The maximum absolute atomic E-state index is 13.1. The molecule has 6 rings (SSSR count). The fourth-order valence-electron chi connectivity index (χ4n) is 8.78. The SMILES string of the molecule is C=Cc1c(C)c2[nH]/c1=C\C1NC(=C(CCCC(=O)OC)C1C)/C=C1N=C(/C=C3\N=C(C=2)C2=CC=C(CC(=O)OC)[C@@H](CC(=O)OC)[C@]23C)C(C)=C\1C(O)(CO)CO. The van der Waals surface area contributed by atoms with Gasteiger partial charge in [0.15, 0.2) is 0 Å². The number of aliphatic hydroxyl groups excluding tert-OH is 2. The van der Waals surface area contributed by atoms with Crippen LogP contribution >= 0.6 is 0 Å². The first-order valence-corrected chi connectivity index (χ1v) is 19.1. The number of aromatic amines is 1. The van der Waals surface area contributed by atoms with Crippen molar-refractivity contribution in [1.82, 2.24) is 10.3 Å². The molecular formula is C44H52N4O9. The molecule has 4 aliphatic heterocycles. The van der Waals surface area contributed by atoms with Crippen molar-refractivity contribution >= 4 is 47.6 Å². The van der Waals surface area contributed by atoms with Crippen molar-refractivity contribution in [2.45, 2.75) is 71.4 Å². The first-order chi connectivity index (χ1) is 27.2. The topological polar surface area (TPSA) is 192 Å². The van der Waals surface area contributed by atoms with E-state index in [0.29, 0.717) is 46.8 Å². The molecular weight excluding hydrogens is 729 g/mol. The maximum atomic E-state index is 13.1. The summed E-state index contributed by atoms with van der Waals surface area (Å²) in [5, 5.41) is 38.1. The van der Waals surface area contributed by atoms with Gasteiger partial charge in [-0.25, -0.2) is 4.99 Å². The molecule has 0 spiro atoms. The molecule has 5 aliphatic rings. The standard InChI is InChI=1S/C44H52N4O9/c1-9-27-23(2)32-18-36-29-14-13-26(15-40(52)56-7)30(16-41(53)57-8)43(29,5)38(48-36)20-33-25(4)42(44(54,21-49)22-50)37(47-33)19-35-28(11-10-12-39(51)55-6)24(3)31(46-35)17-34(27)45-32/h9,13-14,17-20,24,30-31,45-46,49-50,54H,1,10-12,15-16,21-22H2,2-8H3/b32-18?,34-17-,37-19-,38-20-/t24?,30-,31?,43+/m1/s1. The van der Waals surface area contributed by atoms with Crippen LogP contribution < -0.4 is 16.0 Å². The smallest absolute Gasteiger partial charge is 0.309 e. The van der Waals surface area contributed by atoms with Gasteiger partial charge in [0.05, 0.1) is 76.2 Å². The van der Waals surface area contributed by atoms with Crippen molar-refractivity contribution in [3.8, 4) is 0 Å². The third kappa shape index (κ3) is 7.35. The second-order valence-corrected chi connectivity index (χ2v) is 15.3. The summed E-state index contributed by atoms with van der Waals surface area (Å²) >= 11 is 0. The number of fused-ring (bicyclic) bond motifs is 9. The van der Waals surface area contributed by atoms with Gasteiger partial charge < -0.3 is 39.8 Å². The number of allylic oxidation sites excluding steroid dienone is 6. The van der Waals surface area contributed by atoms with E-state index >= 15 is 0 Å². The highest BCUT2D eigenvalue weighted by Gasteiger charge is 2.51. The monoisotopic (exact) mass is 780 g/mol. The van der Waals surface area contributed by atoms with Gasteiger partial charge >= 0.3 is 17.9 Å². The predicted octanol–water partition coefficient (Wildman–Crippen LogP) is 3.07. The molecule has 13 nitrogen and oxygen atoms in total. The van der Waals surface area contributed by atoms with Crippen molar-refractivity contribution in [2.75, 3.05) is 34.5 Å². The number of carbonyl (C=O) groups excluding carboxylic acids is 3. The Morgan fingerprint density at radius 3 is 2.32 bits per heavy atom. The van der Waals surface area contributed by atoms with Crippen LogP contribution in [-0.4, -0.2) is 95.8 Å². The lowest BCUT2D eigenvalue weighted by Crippen LogP contribution is -2.40. The Bertz CT molecular complexity index is 2290. The molecule has 57 heavy (non-hydrogen) atoms. The summed E-state index contributed by atoms with van der Waals surface area (Å²) < 4.78 is 15.1. The Labute approximate surface area is 332 Å². The van der Waals surface area contributed by atoms with Crippen LogP contribution in [0.3, 0.4) is 0 Å². The molecule has 1 aromatic rings. The van der Waals surface area contributed by atoms with E-state index in [4.69, 9.17) is 24.2 Å². The Morgan fingerprint density at radius 1 is 0.965 bits per heavy atom. The van der Waals surface area contributed by atoms with Gasteiger partial charge in [0.2, 0.25) is 0 Å². The molecule has 8 bridgehead atoms. The van der Waals surface area contributed by atoms with Gasteiger partial charge in [-0.2, -0.15) is 0 Å². The number of nitrogens with one attached hydrogen (secondary N) is 2. The molecule has 2 unspecified atom stereocenters. The summed E-state index contributed by atoms with van der Waals surface area (Å²) in [6.45, 7) is 10.5. The first-order valence-electron chi connectivity index (χ1n) is 19.1. The Kier molecular flexibility index (Phi) is 11.8. The molecule has 1 aromatic heterocycles. The molecule has 13 heteroatoms. The number of ether oxygens (including phenoxy) is 3. The van der Waals surface area contributed by atoms with Crippen LogP contribution in [0.5, 0.6) is 0 Å². The minimum Gasteiger partial charge on any atom is -0.469 e. The molecule has 4 atom stereocenters. The zero-order valence-corrected chi connectivity index (χ0v) is 33.6. The van der Waals surface area contributed by atoms with Gasteiger partial charge in [0.25, 0.3) is 0 Å². The number of esters is 3. The minimum atomic E-state index is -2.05. The molecule has 1 aliphatic carbocycles. The third-order valence-corrected chi connectivity index (χ3v) is 12.2. The number of nitrogens with zero attached hydrogens (tertiary/aromatic N) is 2. The largest absolute Gasteiger partial charge is 0.469 e. The maximum Gasteiger partial charge on any atom is 0.309 e. The first kappa shape index (κ1) is 41.3. The highest BCUT2D eigenvalue weighted by atomic mass is 16.5. The van der Waals surface area contributed by atoms with Crippen molar-refractivity contribution in [3.05, 3.63) is 97.7 Å². The summed E-state index contributed by atoms with van der Waals surface area (Å²) in [4.78, 5) is 51.8. The fourth-order valence-corrected chi connectivity index (χ4v) is 8.78. The minimum absolute atomic E-state index is 0.0276. The van der Waals surface area contributed by atoms with Gasteiger partial charge in [0, 0.05) is 51.2 Å². The van der Waals surface area contributed by atoms with Crippen LogP contribution in [0.15, 0.2) is 85.8 Å². The van der Waals surface area contributed by atoms with Gasteiger partial charge in [-0.1, -0.05) is 37.3 Å². The number of hydrogen-bond acceptors (Lipinski definition) is 12. The quantitative estimate of drug-likeness (QED) is 0.156. The van der Waals surface area contributed by atoms with Crippen LogP contribution in [0, 0.1) is 24.2 Å². The van der Waals surface area contributed by atoms with Crippen molar-refractivity contribution in [3.63, 3.8) is 0 Å². The predicted molar refractivity (Wildman–Crippen MR) is 217 cm³/mol. The van der Waals surface area contributed by atoms with E-state index in [1.165, 1.54) is 21.3 Å². The van der Waals surface area contributed by atoms with Crippen LogP contribution in [0.2, 0.25) is 0 Å². The molecule has 0 amide bonds. The zero-order chi connectivity index (χ0) is 41.4. The molecule has 0 saturated heterocycles. The van der Waals surface area contributed by atoms with Gasteiger partial charge in [-0.05, 0) is 80.2 Å². The van der Waals surface area contributed by atoms with Gasteiger partial charge in [-0.3, -0.25) is 19.4 Å². The number of carbonyl (C=O) groups is 3. The van der Waals surface area contributed by atoms with Crippen LogP contribution in [0.1, 0.15) is 64.0 Å². The van der Waals surface area contributed by atoms with E-state index in [-0.39, 0.29) is 42.8 Å². The number of H-pyrrole nitrogens is 1. The van der Waals surface area contributed by atoms with Crippen LogP contribution in [0.25, 0.3) is 18.2 Å². The van der Waals surface area contributed by atoms with Crippen molar-refractivity contribution < 1.29 is 43.9 Å². The summed E-state index contributed by atoms with van der Waals surface area (Å²) in [7, 11) is 4.01. The van der Waals surface area contributed by atoms with E-state index in [2.05, 4.69) is 29.9 Å². The number of aliphatic hydroxyl groups is 3. The lowest BCUT2D eigenvalue weighted by molar-refractivity contribution is -0.143. The number of methoxy groups -OCH3 is 3. The highest BCUT2D eigenvalue weighted by molar-refractivity contribution is 6.24. The van der Waals surface area contributed by atoms with Gasteiger partial charge in [-0.15, -0.1) is 0 Å². The van der Waals surface area contributed by atoms with Crippen molar-refractivity contribution in [2.24, 2.45) is 27.2 Å². The average molecular weight is 781 g/mol. The van der Waals surface area contributed by atoms with E-state index in [0.717, 1.165) is 38.7 Å². The van der Waals surface area contributed by atoms with Crippen LogP contribution in [-0.2, 0) is 28.6 Å². The summed E-state index contributed by atoms with van der Waals surface area (Å²) in [5.74, 6) is -1.82. The molecule has 0 fully saturated rings.